The zero-order valence-electron chi connectivity index (χ0n) is 27.2. The molecule has 0 bridgehead atoms. The van der Waals surface area contributed by atoms with Crippen LogP contribution in [0.3, 0.4) is 0 Å². The summed E-state index contributed by atoms with van der Waals surface area (Å²) in [4.78, 5) is 37.5. The fourth-order valence-electron chi connectivity index (χ4n) is 4.81. The predicted molar refractivity (Wildman–Crippen MR) is 159 cm³/mol. The third-order valence-corrected chi connectivity index (χ3v) is 6.37. The van der Waals surface area contributed by atoms with E-state index in [1.54, 1.807) is 27.7 Å². The number of ether oxygens (including phenoxy) is 3. The van der Waals surface area contributed by atoms with Crippen LogP contribution in [-0.4, -0.2) is 35.7 Å². The number of allylic oxidation sites excluding steroid dienone is 3. The molecular formula is C33H58O6. The molecule has 0 N–H and O–H groups in total. The second kappa shape index (κ2) is 16.9. The largest absolute Gasteiger partial charge is 0.457 e. The SMILES string of the molecule is CCC(C)CC(C)CC(C)CC(C)/C=C(C)/C=C(/CC(C)C(=O)OCC(=O)OC(C)(C)C)C(=O)OC(C)(C)C. The van der Waals surface area contributed by atoms with E-state index in [1.807, 2.05) is 33.8 Å². The number of hydrogen-bond donors (Lipinski definition) is 0. The fourth-order valence-corrected chi connectivity index (χ4v) is 4.81. The average Bonchev–Trinajstić information content (AvgIpc) is 2.73. The third-order valence-electron chi connectivity index (χ3n) is 6.37. The van der Waals surface area contributed by atoms with Gasteiger partial charge in [0.25, 0.3) is 0 Å². The Labute approximate surface area is 239 Å². The van der Waals surface area contributed by atoms with Gasteiger partial charge in [0.05, 0.1) is 5.92 Å². The van der Waals surface area contributed by atoms with Crippen molar-refractivity contribution in [2.75, 3.05) is 6.61 Å². The van der Waals surface area contributed by atoms with Crippen LogP contribution >= 0.6 is 0 Å². The Morgan fingerprint density at radius 3 is 1.79 bits per heavy atom. The lowest BCUT2D eigenvalue weighted by Crippen LogP contribution is -2.29. The van der Waals surface area contributed by atoms with Crippen LogP contribution in [0.2, 0.25) is 0 Å². The Hall–Kier alpha value is -2.11. The molecule has 0 fully saturated rings. The van der Waals surface area contributed by atoms with Crippen molar-refractivity contribution in [3.8, 4) is 0 Å². The highest BCUT2D eigenvalue weighted by molar-refractivity contribution is 5.90. The lowest BCUT2D eigenvalue weighted by Gasteiger charge is -2.22. The van der Waals surface area contributed by atoms with Gasteiger partial charge in [0, 0.05) is 5.57 Å². The molecule has 0 heterocycles. The molecule has 0 aromatic heterocycles. The van der Waals surface area contributed by atoms with Gasteiger partial charge in [-0.1, -0.05) is 59.6 Å². The topological polar surface area (TPSA) is 78.9 Å². The monoisotopic (exact) mass is 550 g/mol. The van der Waals surface area contributed by atoms with Crippen molar-refractivity contribution in [2.45, 2.75) is 133 Å². The molecule has 0 spiro atoms. The molecule has 6 nitrogen and oxygen atoms in total. The Bertz CT molecular complexity index is 839. The van der Waals surface area contributed by atoms with Gasteiger partial charge in [-0.2, -0.15) is 0 Å². The average molecular weight is 551 g/mol. The van der Waals surface area contributed by atoms with Crippen LogP contribution in [0.4, 0.5) is 0 Å². The third kappa shape index (κ3) is 18.7. The molecule has 0 aromatic carbocycles. The summed E-state index contributed by atoms with van der Waals surface area (Å²) in [5.74, 6) is 0.168. The Balaban J connectivity index is 5.43. The summed E-state index contributed by atoms with van der Waals surface area (Å²) in [5, 5.41) is 0. The molecule has 0 aliphatic rings. The smallest absolute Gasteiger partial charge is 0.344 e. The quantitative estimate of drug-likeness (QED) is 0.0884. The summed E-state index contributed by atoms with van der Waals surface area (Å²) < 4.78 is 16.0. The van der Waals surface area contributed by atoms with Crippen LogP contribution in [-0.2, 0) is 28.6 Å². The first-order chi connectivity index (χ1) is 17.7. The summed E-state index contributed by atoms with van der Waals surface area (Å²) in [6.45, 7) is 25.3. The van der Waals surface area contributed by atoms with Crippen LogP contribution in [0.1, 0.15) is 122 Å². The highest BCUT2D eigenvalue weighted by Gasteiger charge is 2.26. The number of rotatable bonds is 15. The summed E-state index contributed by atoms with van der Waals surface area (Å²) in [7, 11) is 0. The minimum atomic E-state index is -0.664. The number of carbonyl (C=O) groups is 3. The molecule has 0 rings (SSSR count). The molecule has 0 aliphatic carbocycles. The number of hydrogen-bond acceptors (Lipinski definition) is 6. The van der Waals surface area contributed by atoms with E-state index in [9.17, 15) is 14.4 Å². The van der Waals surface area contributed by atoms with Gasteiger partial charge in [-0.3, -0.25) is 4.79 Å². The lowest BCUT2D eigenvalue weighted by molar-refractivity contribution is -0.168. The molecule has 0 saturated heterocycles. The summed E-state index contributed by atoms with van der Waals surface area (Å²) in [5.41, 5.74) is 0.0374. The summed E-state index contributed by atoms with van der Waals surface area (Å²) in [6, 6.07) is 0. The Morgan fingerprint density at radius 1 is 0.769 bits per heavy atom. The van der Waals surface area contributed by atoms with Crippen LogP contribution in [0.15, 0.2) is 23.3 Å². The summed E-state index contributed by atoms with van der Waals surface area (Å²) >= 11 is 0. The molecule has 0 aromatic rings. The zero-order valence-corrected chi connectivity index (χ0v) is 27.2. The minimum Gasteiger partial charge on any atom is -0.457 e. The van der Waals surface area contributed by atoms with E-state index in [1.165, 1.54) is 19.3 Å². The molecule has 226 valence electrons. The minimum absolute atomic E-state index is 0.144. The van der Waals surface area contributed by atoms with E-state index in [4.69, 9.17) is 14.2 Å². The summed E-state index contributed by atoms with van der Waals surface area (Å²) in [6.07, 6.45) is 8.93. The highest BCUT2D eigenvalue weighted by atomic mass is 16.6. The first-order valence-electron chi connectivity index (χ1n) is 14.7. The van der Waals surface area contributed by atoms with Crippen LogP contribution in [0.5, 0.6) is 0 Å². The highest BCUT2D eigenvalue weighted by Crippen LogP contribution is 2.27. The van der Waals surface area contributed by atoms with Gasteiger partial charge in [-0.05, 0) is 104 Å². The molecule has 39 heavy (non-hydrogen) atoms. The standard InChI is InChI=1S/C33H58O6/c1-14-22(2)15-23(3)16-24(4)17-25(5)18-26(6)19-28(31(36)39-33(11,12)13)20-27(7)30(35)37-21-29(34)38-32(8,9)10/h18-19,22-25,27H,14-17,20-21H2,1-13H3/b26-18+,28-19-. The van der Waals surface area contributed by atoms with E-state index >= 15 is 0 Å². The zero-order chi connectivity index (χ0) is 30.6. The maximum absolute atomic E-state index is 13.0. The van der Waals surface area contributed by atoms with Gasteiger partial charge >= 0.3 is 17.9 Å². The van der Waals surface area contributed by atoms with Crippen molar-refractivity contribution in [3.05, 3.63) is 23.3 Å². The van der Waals surface area contributed by atoms with Crippen molar-refractivity contribution < 1.29 is 28.6 Å². The van der Waals surface area contributed by atoms with Crippen molar-refractivity contribution >= 4 is 17.9 Å². The number of esters is 3. The molecule has 5 atom stereocenters. The first kappa shape index (κ1) is 36.9. The van der Waals surface area contributed by atoms with Gasteiger partial charge in [0.1, 0.15) is 11.2 Å². The van der Waals surface area contributed by atoms with Crippen LogP contribution in [0.25, 0.3) is 0 Å². The van der Waals surface area contributed by atoms with E-state index in [2.05, 4.69) is 40.7 Å². The lowest BCUT2D eigenvalue weighted by atomic mass is 9.84. The van der Waals surface area contributed by atoms with Crippen LogP contribution in [0, 0.1) is 29.6 Å². The van der Waals surface area contributed by atoms with Crippen molar-refractivity contribution in [2.24, 2.45) is 29.6 Å². The molecule has 0 radical (unpaired) electrons. The van der Waals surface area contributed by atoms with Gasteiger partial charge in [-0.15, -0.1) is 0 Å². The molecule has 5 unspecified atom stereocenters. The normalized spacial score (nSPS) is 17.1. The van der Waals surface area contributed by atoms with Crippen molar-refractivity contribution in [1.82, 2.24) is 0 Å². The fraction of sp³-hybridized carbons (Fsp3) is 0.788. The van der Waals surface area contributed by atoms with Crippen molar-refractivity contribution in [3.63, 3.8) is 0 Å². The predicted octanol–water partition coefficient (Wildman–Crippen LogP) is 8.24. The van der Waals surface area contributed by atoms with Crippen LogP contribution < -0.4 is 0 Å². The van der Waals surface area contributed by atoms with Gasteiger partial charge in [0.15, 0.2) is 6.61 Å². The van der Waals surface area contributed by atoms with Gasteiger partial charge in [-0.25, -0.2) is 9.59 Å². The first-order valence-corrected chi connectivity index (χ1v) is 14.7. The van der Waals surface area contributed by atoms with E-state index < -0.39 is 41.6 Å². The molecule has 0 aliphatic heterocycles. The molecule has 6 heteroatoms. The van der Waals surface area contributed by atoms with E-state index in [-0.39, 0.29) is 6.42 Å². The Morgan fingerprint density at radius 2 is 1.28 bits per heavy atom. The molecule has 0 amide bonds. The maximum atomic E-state index is 13.0. The Kier molecular flexibility index (Phi) is 16.0. The second-order valence-electron chi connectivity index (χ2n) is 13.8. The van der Waals surface area contributed by atoms with E-state index in [0.29, 0.717) is 23.3 Å². The van der Waals surface area contributed by atoms with E-state index in [0.717, 1.165) is 17.9 Å². The molecule has 0 saturated carbocycles. The maximum Gasteiger partial charge on any atom is 0.344 e. The van der Waals surface area contributed by atoms with Gasteiger partial charge < -0.3 is 14.2 Å². The number of carbonyl (C=O) groups excluding carboxylic acids is 3. The van der Waals surface area contributed by atoms with Gasteiger partial charge in [0.2, 0.25) is 0 Å². The van der Waals surface area contributed by atoms with Crippen molar-refractivity contribution in [1.29, 1.82) is 0 Å². The second-order valence-corrected chi connectivity index (χ2v) is 13.8. The molecular weight excluding hydrogens is 492 g/mol.